The molecule has 0 radical (unpaired) electrons. The number of fused-ring (bicyclic) bond motifs is 1. The van der Waals surface area contributed by atoms with E-state index in [9.17, 15) is 14.0 Å². The lowest BCUT2D eigenvalue weighted by atomic mass is 9.95. The molecule has 0 unspecified atom stereocenters. The Balaban J connectivity index is 1.87. The largest absolute Gasteiger partial charge is 0.452 e. The van der Waals surface area contributed by atoms with E-state index in [1.54, 1.807) is 22.9 Å². The zero-order valence-corrected chi connectivity index (χ0v) is 15.4. The predicted octanol–water partition coefficient (Wildman–Crippen LogP) is 2.37. The fourth-order valence-electron chi connectivity index (χ4n) is 3.20. The van der Waals surface area contributed by atoms with Crippen LogP contribution in [-0.4, -0.2) is 28.1 Å². The minimum absolute atomic E-state index is 0.0708. The van der Waals surface area contributed by atoms with Gasteiger partial charge in [0, 0.05) is 17.0 Å². The highest BCUT2D eigenvalue weighted by Crippen LogP contribution is 2.27. The quantitative estimate of drug-likeness (QED) is 0.483. The fraction of sp³-hybridized carbons (Fsp3) is 0.300. The number of hydrogen-bond acceptors (Lipinski definition) is 6. The van der Waals surface area contributed by atoms with Crippen molar-refractivity contribution in [1.82, 2.24) is 9.78 Å². The van der Waals surface area contributed by atoms with Crippen molar-refractivity contribution in [3.05, 3.63) is 58.3 Å². The van der Waals surface area contributed by atoms with Crippen LogP contribution in [0.15, 0.2) is 35.5 Å². The number of aromatic nitrogens is 2. The normalized spacial score (nSPS) is 13.9. The molecule has 28 heavy (non-hydrogen) atoms. The van der Waals surface area contributed by atoms with Gasteiger partial charge in [0.1, 0.15) is 17.5 Å². The third-order valence-electron chi connectivity index (χ3n) is 4.56. The average molecular weight is 382 g/mol. The molecule has 0 bridgehead atoms. The van der Waals surface area contributed by atoms with Gasteiger partial charge in [0.05, 0.1) is 5.69 Å². The summed E-state index contributed by atoms with van der Waals surface area (Å²) < 4.78 is 19.9. The Morgan fingerprint density at radius 3 is 2.61 bits per heavy atom. The van der Waals surface area contributed by atoms with Crippen LogP contribution < -0.4 is 5.73 Å². The van der Waals surface area contributed by atoms with E-state index in [1.807, 2.05) is 0 Å². The van der Waals surface area contributed by atoms with Crippen LogP contribution in [-0.2, 0) is 22.4 Å². The molecule has 1 heterocycles. The number of rotatable bonds is 5. The summed E-state index contributed by atoms with van der Waals surface area (Å²) in [6.07, 6.45) is 3.27. The molecule has 7 nitrogen and oxygen atoms in total. The van der Waals surface area contributed by atoms with Gasteiger partial charge in [-0.1, -0.05) is 0 Å². The molecule has 2 N–H and O–H groups in total. The second-order valence-corrected chi connectivity index (χ2v) is 6.54. The molecule has 1 aliphatic rings. The van der Waals surface area contributed by atoms with Gasteiger partial charge in [-0.3, -0.25) is 4.79 Å². The maximum atomic E-state index is 13.2. The first kappa shape index (κ1) is 19.3. The average Bonchev–Trinajstić information content (AvgIpc) is 3.07. The van der Waals surface area contributed by atoms with Crippen molar-refractivity contribution in [1.29, 1.82) is 5.26 Å². The maximum absolute atomic E-state index is 13.2. The number of ketones is 1. The highest BCUT2D eigenvalue weighted by molar-refractivity contribution is 6.02. The van der Waals surface area contributed by atoms with Gasteiger partial charge in [0.15, 0.2) is 12.3 Å². The fourth-order valence-corrected chi connectivity index (χ4v) is 3.20. The summed E-state index contributed by atoms with van der Waals surface area (Å²) in [4.78, 5) is 24.6. The number of Topliss-reactive ketones (excluding diaryl/α,β-unsaturated/α-hetero) is 1. The zero-order chi connectivity index (χ0) is 20.3. The molecular formula is C20H19FN4O3. The summed E-state index contributed by atoms with van der Waals surface area (Å²) in [5.74, 6) is -1.76. The van der Waals surface area contributed by atoms with Crippen molar-refractivity contribution in [2.75, 3.05) is 6.61 Å². The first-order valence-electron chi connectivity index (χ1n) is 8.86. The molecule has 0 saturated carbocycles. The number of nitrogens with two attached hydrogens (primary N) is 1. The van der Waals surface area contributed by atoms with Crippen LogP contribution in [0.2, 0.25) is 0 Å². The van der Waals surface area contributed by atoms with E-state index in [2.05, 4.69) is 5.10 Å². The van der Waals surface area contributed by atoms with Crippen molar-refractivity contribution >= 4 is 11.8 Å². The Kier molecular flexibility index (Phi) is 5.54. The van der Waals surface area contributed by atoms with E-state index in [1.165, 1.54) is 19.1 Å². The SMILES string of the molecule is C/C(N)=C(/C#N)C(=O)COC(=O)c1nn(-c2ccc(F)cc2)c2c1CCCC2. The van der Waals surface area contributed by atoms with Gasteiger partial charge >= 0.3 is 5.97 Å². The lowest BCUT2D eigenvalue weighted by Gasteiger charge is -2.14. The zero-order valence-electron chi connectivity index (χ0n) is 15.4. The van der Waals surface area contributed by atoms with Crippen molar-refractivity contribution in [2.45, 2.75) is 32.6 Å². The predicted molar refractivity (Wildman–Crippen MR) is 98.0 cm³/mol. The minimum Gasteiger partial charge on any atom is -0.452 e. The van der Waals surface area contributed by atoms with Gasteiger partial charge in [0.25, 0.3) is 0 Å². The molecule has 0 saturated heterocycles. The second-order valence-electron chi connectivity index (χ2n) is 6.54. The van der Waals surface area contributed by atoms with Crippen LogP contribution in [0.5, 0.6) is 0 Å². The standard InChI is InChI=1S/C20H19FN4O3/c1-12(23)16(10-22)18(26)11-28-20(27)19-15-4-2-3-5-17(15)25(24-19)14-8-6-13(21)7-9-14/h6-9H,2-5,11,23H2,1H3/b16-12+. The first-order valence-corrected chi connectivity index (χ1v) is 8.86. The topological polar surface area (TPSA) is 111 Å². The molecule has 0 amide bonds. The highest BCUT2D eigenvalue weighted by Gasteiger charge is 2.27. The van der Waals surface area contributed by atoms with Gasteiger partial charge in [-0.15, -0.1) is 0 Å². The van der Waals surface area contributed by atoms with E-state index in [0.29, 0.717) is 12.1 Å². The molecular weight excluding hydrogens is 363 g/mol. The van der Waals surface area contributed by atoms with Crippen LogP contribution in [0.3, 0.4) is 0 Å². The number of carbonyl (C=O) groups is 2. The Morgan fingerprint density at radius 1 is 1.29 bits per heavy atom. The molecule has 144 valence electrons. The third kappa shape index (κ3) is 3.78. The molecule has 3 rings (SSSR count). The number of nitrogens with zero attached hydrogens (tertiary/aromatic N) is 3. The Morgan fingerprint density at radius 2 is 1.96 bits per heavy atom. The Hall–Kier alpha value is -3.47. The molecule has 8 heteroatoms. The molecule has 0 fully saturated rings. The van der Waals surface area contributed by atoms with Gasteiger partial charge in [-0.25, -0.2) is 13.9 Å². The number of halogens is 1. The number of ether oxygens (including phenoxy) is 1. The van der Waals surface area contributed by atoms with E-state index in [0.717, 1.165) is 30.5 Å². The number of benzene rings is 1. The monoisotopic (exact) mass is 382 g/mol. The van der Waals surface area contributed by atoms with Crippen LogP contribution in [0, 0.1) is 17.1 Å². The molecule has 2 aromatic rings. The Bertz CT molecular complexity index is 996. The van der Waals surface area contributed by atoms with Crippen molar-refractivity contribution in [3.8, 4) is 11.8 Å². The second kappa shape index (κ2) is 8.05. The lowest BCUT2D eigenvalue weighted by molar-refractivity contribution is -0.118. The minimum atomic E-state index is -0.737. The number of esters is 1. The molecule has 1 aliphatic carbocycles. The molecule has 0 atom stereocenters. The van der Waals surface area contributed by atoms with Crippen molar-refractivity contribution in [2.24, 2.45) is 5.73 Å². The maximum Gasteiger partial charge on any atom is 0.359 e. The molecule has 0 spiro atoms. The molecule has 1 aromatic heterocycles. The lowest BCUT2D eigenvalue weighted by Crippen LogP contribution is -2.19. The van der Waals surface area contributed by atoms with Gasteiger partial charge in [-0.05, 0) is 56.9 Å². The van der Waals surface area contributed by atoms with Gasteiger partial charge < -0.3 is 10.5 Å². The van der Waals surface area contributed by atoms with Gasteiger partial charge in [0.2, 0.25) is 5.78 Å². The number of allylic oxidation sites excluding steroid dienone is 1. The summed E-state index contributed by atoms with van der Waals surface area (Å²) in [5.41, 5.74) is 7.77. The van der Waals surface area contributed by atoms with Crippen LogP contribution in [0.1, 0.15) is 41.5 Å². The van der Waals surface area contributed by atoms with Crippen LogP contribution in [0.4, 0.5) is 4.39 Å². The molecule has 1 aromatic carbocycles. The summed E-state index contributed by atoms with van der Waals surface area (Å²) >= 11 is 0. The Labute approximate surface area is 161 Å². The summed E-state index contributed by atoms with van der Waals surface area (Å²) in [6, 6.07) is 7.54. The molecule has 0 aliphatic heterocycles. The summed E-state index contributed by atoms with van der Waals surface area (Å²) in [6.45, 7) is 0.841. The first-order chi connectivity index (χ1) is 13.4. The van der Waals surface area contributed by atoms with E-state index in [4.69, 9.17) is 15.7 Å². The number of nitriles is 1. The third-order valence-corrected chi connectivity index (χ3v) is 4.56. The van der Waals surface area contributed by atoms with E-state index < -0.39 is 18.4 Å². The van der Waals surface area contributed by atoms with Crippen molar-refractivity contribution in [3.63, 3.8) is 0 Å². The summed E-state index contributed by atoms with van der Waals surface area (Å²) in [5, 5.41) is 13.3. The van der Waals surface area contributed by atoms with Crippen LogP contribution in [0.25, 0.3) is 5.69 Å². The van der Waals surface area contributed by atoms with Crippen molar-refractivity contribution < 1.29 is 18.7 Å². The van der Waals surface area contributed by atoms with Gasteiger partial charge in [-0.2, -0.15) is 10.4 Å². The highest BCUT2D eigenvalue weighted by atomic mass is 19.1. The van der Waals surface area contributed by atoms with E-state index >= 15 is 0 Å². The number of hydrogen-bond donors (Lipinski definition) is 1. The number of carbonyl (C=O) groups excluding carboxylic acids is 2. The van der Waals surface area contributed by atoms with E-state index in [-0.39, 0.29) is 22.8 Å². The smallest absolute Gasteiger partial charge is 0.359 e. The summed E-state index contributed by atoms with van der Waals surface area (Å²) in [7, 11) is 0. The van der Waals surface area contributed by atoms with Crippen LogP contribution >= 0.6 is 0 Å².